The minimum absolute atomic E-state index is 0.136. The fourth-order valence-corrected chi connectivity index (χ4v) is 1.12. The molecule has 0 spiro atoms. The van der Waals surface area contributed by atoms with Gasteiger partial charge >= 0.3 is 6.18 Å². The van der Waals surface area contributed by atoms with E-state index in [-0.39, 0.29) is 17.8 Å². The molecule has 2 rings (SSSR count). The van der Waals surface area contributed by atoms with Gasteiger partial charge in [-0.15, -0.1) is 0 Å². The lowest BCUT2D eigenvalue weighted by atomic mass is 10.3. The van der Waals surface area contributed by atoms with Gasteiger partial charge in [-0.3, -0.25) is 0 Å². The van der Waals surface area contributed by atoms with Crippen LogP contribution in [0.25, 0.3) is 0 Å². The number of aromatic nitrogens is 2. The van der Waals surface area contributed by atoms with E-state index >= 15 is 0 Å². The first-order valence-corrected chi connectivity index (χ1v) is 4.43. The van der Waals surface area contributed by atoms with Gasteiger partial charge in [-0.2, -0.15) is 18.2 Å². The Morgan fingerprint density at radius 2 is 2.00 bits per heavy atom. The van der Waals surface area contributed by atoms with Gasteiger partial charge in [0.05, 0.1) is 0 Å². The number of hydrogen-bond acceptors (Lipinski definition) is 4. The number of rotatable bonds is 2. The van der Waals surface area contributed by atoms with E-state index in [1.54, 1.807) is 0 Å². The van der Waals surface area contributed by atoms with Crippen molar-refractivity contribution in [2.24, 2.45) is 0 Å². The molecule has 3 N–H and O–H groups in total. The first-order chi connectivity index (χ1) is 6.95. The molecule has 0 aromatic carbocycles. The Kier molecular flexibility index (Phi) is 2.17. The predicted octanol–water partition coefficient (Wildman–Crippen LogP) is 1.65. The summed E-state index contributed by atoms with van der Waals surface area (Å²) in [6.45, 7) is 0. The topological polar surface area (TPSA) is 63.8 Å². The summed E-state index contributed by atoms with van der Waals surface area (Å²) in [5.74, 6) is -0.231. The van der Waals surface area contributed by atoms with Crippen molar-refractivity contribution >= 4 is 11.8 Å². The monoisotopic (exact) mass is 218 g/mol. The van der Waals surface area contributed by atoms with Crippen LogP contribution < -0.4 is 11.1 Å². The van der Waals surface area contributed by atoms with Crippen LogP contribution in [0.15, 0.2) is 6.07 Å². The standard InChI is InChI=1S/C8H9F3N4/c9-8(10,11)5-3-6(13-4-1-2-4)15-7(12)14-5/h3-4H,1-2H2,(H3,12,13,14,15). The number of nitrogen functional groups attached to an aromatic ring is 1. The Labute approximate surface area is 83.7 Å². The normalized spacial score (nSPS) is 16.5. The molecular formula is C8H9F3N4. The molecule has 1 aliphatic carbocycles. The zero-order valence-electron chi connectivity index (χ0n) is 7.67. The molecule has 0 bridgehead atoms. The summed E-state index contributed by atoms with van der Waals surface area (Å²) in [7, 11) is 0. The largest absolute Gasteiger partial charge is 0.433 e. The van der Waals surface area contributed by atoms with Crippen LogP contribution in [0.5, 0.6) is 0 Å². The van der Waals surface area contributed by atoms with E-state index in [0.717, 1.165) is 18.9 Å². The number of nitrogens with zero attached hydrogens (tertiary/aromatic N) is 2. The Morgan fingerprint density at radius 1 is 1.33 bits per heavy atom. The van der Waals surface area contributed by atoms with Crippen LogP contribution in [0, 0.1) is 0 Å². The summed E-state index contributed by atoms with van der Waals surface area (Å²) >= 11 is 0. The van der Waals surface area contributed by atoms with E-state index in [4.69, 9.17) is 5.73 Å². The first kappa shape index (κ1) is 10.0. The van der Waals surface area contributed by atoms with Crippen LogP contribution in [-0.4, -0.2) is 16.0 Å². The molecule has 1 fully saturated rings. The minimum atomic E-state index is -4.49. The molecular weight excluding hydrogens is 209 g/mol. The van der Waals surface area contributed by atoms with Crippen LogP contribution in [0.1, 0.15) is 18.5 Å². The van der Waals surface area contributed by atoms with E-state index in [1.165, 1.54) is 0 Å². The number of nitrogens with two attached hydrogens (primary N) is 1. The van der Waals surface area contributed by atoms with Crippen LogP contribution in [0.4, 0.5) is 24.9 Å². The zero-order chi connectivity index (χ0) is 11.1. The number of nitrogens with one attached hydrogen (secondary N) is 1. The molecule has 1 heterocycles. The van der Waals surface area contributed by atoms with Crippen LogP contribution >= 0.6 is 0 Å². The van der Waals surface area contributed by atoms with Crippen LogP contribution in [0.3, 0.4) is 0 Å². The second-order valence-corrected chi connectivity index (χ2v) is 3.41. The molecule has 4 nitrogen and oxygen atoms in total. The highest BCUT2D eigenvalue weighted by Gasteiger charge is 2.34. The van der Waals surface area contributed by atoms with Gasteiger partial charge in [0.2, 0.25) is 5.95 Å². The van der Waals surface area contributed by atoms with Gasteiger partial charge in [0.25, 0.3) is 0 Å². The van der Waals surface area contributed by atoms with Gasteiger partial charge < -0.3 is 11.1 Å². The van der Waals surface area contributed by atoms with Gasteiger partial charge in [0, 0.05) is 12.1 Å². The molecule has 1 aliphatic rings. The van der Waals surface area contributed by atoms with Crippen LogP contribution in [-0.2, 0) is 6.18 Å². The van der Waals surface area contributed by atoms with Gasteiger partial charge in [0.1, 0.15) is 5.82 Å². The summed E-state index contributed by atoms with van der Waals surface area (Å²) < 4.78 is 37.0. The quantitative estimate of drug-likeness (QED) is 0.792. The number of halogens is 3. The molecule has 0 amide bonds. The fourth-order valence-electron chi connectivity index (χ4n) is 1.12. The van der Waals surface area contributed by atoms with E-state index in [1.807, 2.05) is 0 Å². The molecule has 0 atom stereocenters. The van der Waals surface area contributed by atoms with Crippen LogP contribution in [0.2, 0.25) is 0 Å². The third-order valence-electron chi connectivity index (χ3n) is 1.96. The Balaban J connectivity index is 2.27. The van der Waals surface area contributed by atoms with Crippen molar-refractivity contribution in [1.82, 2.24) is 9.97 Å². The second-order valence-electron chi connectivity index (χ2n) is 3.41. The summed E-state index contributed by atoms with van der Waals surface area (Å²) in [6, 6.07) is 1.09. The van der Waals surface area contributed by atoms with E-state index < -0.39 is 11.9 Å². The van der Waals surface area contributed by atoms with Gasteiger partial charge in [0.15, 0.2) is 5.69 Å². The first-order valence-electron chi connectivity index (χ1n) is 4.43. The van der Waals surface area contributed by atoms with Crippen molar-refractivity contribution in [1.29, 1.82) is 0 Å². The molecule has 7 heteroatoms. The fraction of sp³-hybridized carbons (Fsp3) is 0.500. The van der Waals surface area contributed by atoms with E-state index in [0.29, 0.717) is 0 Å². The highest BCUT2D eigenvalue weighted by atomic mass is 19.4. The highest BCUT2D eigenvalue weighted by molar-refractivity contribution is 5.43. The summed E-state index contributed by atoms with van der Waals surface area (Å²) in [4.78, 5) is 6.82. The van der Waals surface area contributed by atoms with Crippen molar-refractivity contribution in [2.45, 2.75) is 25.1 Å². The maximum atomic E-state index is 12.3. The molecule has 1 aromatic heterocycles. The summed E-state index contributed by atoms with van der Waals surface area (Å²) in [6.07, 6.45) is -2.59. The van der Waals surface area contributed by atoms with Crippen molar-refractivity contribution in [3.63, 3.8) is 0 Å². The SMILES string of the molecule is Nc1nc(NC2CC2)cc(C(F)(F)F)n1. The summed E-state index contributed by atoms with van der Waals surface area (Å²) in [5, 5.41) is 2.84. The zero-order valence-corrected chi connectivity index (χ0v) is 7.67. The Hall–Kier alpha value is -1.53. The average Bonchev–Trinajstić information content (AvgIpc) is 2.85. The van der Waals surface area contributed by atoms with E-state index in [9.17, 15) is 13.2 Å². The lowest BCUT2D eigenvalue weighted by Crippen LogP contribution is -2.13. The number of anilines is 2. The third-order valence-corrected chi connectivity index (χ3v) is 1.96. The predicted molar refractivity (Wildman–Crippen MR) is 48.1 cm³/mol. The Bertz CT molecular complexity index is 373. The molecule has 82 valence electrons. The molecule has 1 aromatic rings. The van der Waals surface area contributed by atoms with Gasteiger partial charge in [-0.05, 0) is 12.8 Å². The minimum Gasteiger partial charge on any atom is -0.368 e. The molecule has 15 heavy (non-hydrogen) atoms. The van der Waals surface area contributed by atoms with Gasteiger partial charge in [-0.25, -0.2) is 4.98 Å². The molecule has 1 saturated carbocycles. The van der Waals surface area contributed by atoms with Crippen molar-refractivity contribution < 1.29 is 13.2 Å². The lowest BCUT2D eigenvalue weighted by Gasteiger charge is -2.09. The van der Waals surface area contributed by atoms with Crippen molar-refractivity contribution in [2.75, 3.05) is 11.1 Å². The van der Waals surface area contributed by atoms with Crippen molar-refractivity contribution in [3.05, 3.63) is 11.8 Å². The third kappa shape index (κ3) is 2.48. The molecule has 0 aliphatic heterocycles. The van der Waals surface area contributed by atoms with Crippen molar-refractivity contribution in [3.8, 4) is 0 Å². The average molecular weight is 218 g/mol. The Morgan fingerprint density at radius 3 is 2.53 bits per heavy atom. The van der Waals surface area contributed by atoms with Gasteiger partial charge in [-0.1, -0.05) is 0 Å². The van der Waals surface area contributed by atoms with E-state index in [2.05, 4.69) is 15.3 Å². The summed E-state index contributed by atoms with van der Waals surface area (Å²) in [5.41, 5.74) is 4.17. The highest BCUT2D eigenvalue weighted by Crippen LogP contribution is 2.30. The lowest BCUT2D eigenvalue weighted by molar-refractivity contribution is -0.141. The maximum absolute atomic E-state index is 12.3. The smallest absolute Gasteiger partial charge is 0.368 e. The molecule has 0 unspecified atom stereocenters. The molecule has 0 radical (unpaired) electrons. The maximum Gasteiger partial charge on any atom is 0.433 e. The number of hydrogen-bond donors (Lipinski definition) is 2. The number of alkyl halides is 3. The second kappa shape index (κ2) is 3.25. The molecule has 0 saturated heterocycles.